The molecule has 124 valence electrons. The molecule has 2 rings (SSSR count). The zero-order chi connectivity index (χ0) is 17.4. The predicted molar refractivity (Wildman–Crippen MR) is 98.6 cm³/mol. The fourth-order valence-corrected chi connectivity index (χ4v) is 2.01. The molecule has 2 aromatic carbocycles. The summed E-state index contributed by atoms with van der Waals surface area (Å²) in [4.78, 5) is 11.9. The lowest BCUT2D eigenvalue weighted by atomic mass is 10.2. The molecule has 0 saturated heterocycles. The molecule has 4 N–H and O–H groups in total. The second-order valence-electron chi connectivity index (χ2n) is 4.71. The van der Waals surface area contributed by atoms with Crippen molar-refractivity contribution in [2.75, 3.05) is 0 Å². The number of benzene rings is 2. The summed E-state index contributed by atoms with van der Waals surface area (Å²) in [5.41, 5.74) is 6.65. The van der Waals surface area contributed by atoms with E-state index >= 15 is 0 Å². The largest absolute Gasteiger partial charge is 0.357 e. The van der Waals surface area contributed by atoms with Crippen LogP contribution in [-0.2, 0) is 6.54 Å². The molecule has 0 aromatic heterocycles. The number of amides is 1. The summed E-state index contributed by atoms with van der Waals surface area (Å²) in [5.74, 6) is -0.860. The van der Waals surface area contributed by atoms with Crippen LogP contribution in [0.3, 0.4) is 0 Å². The number of halogens is 1. The molecule has 1 amide bonds. The molecule has 0 unspecified atom stereocenters. The van der Waals surface area contributed by atoms with Crippen LogP contribution >= 0.6 is 24.4 Å². The zero-order valence-electron chi connectivity index (χ0n) is 12.5. The fourth-order valence-electron chi connectivity index (χ4n) is 1.74. The first kappa shape index (κ1) is 17.8. The number of hydrogen-bond donors (Lipinski definition) is 4. The Bertz CT molecular complexity index is 723. The summed E-state index contributed by atoms with van der Waals surface area (Å²) >= 11 is 10.1. The van der Waals surface area contributed by atoms with Crippen LogP contribution in [0.15, 0.2) is 54.6 Å². The van der Waals surface area contributed by atoms with Crippen LogP contribution in [0.2, 0.25) is 0 Å². The number of carbonyl (C=O) groups excluding carboxylic acids is 1. The molecule has 8 heteroatoms. The van der Waals surface area contributed by atoms with E-state index in [-0.39, 0.29) is 5.11 Å². The van der Waals surface area contributed by atoms with Crippen LogP contribution in [0.25, 0.3) is 0 Å². The van der Waals surface area contributed by atoms with E-state index in [4.69, 9.17) is 24.4 Å². The number of nitrogens with one attached hydrogen (secondary N) is 4. The Morgan fingerprint density at radius 3 is 2.21 bits per heavy atom. The van der Waals surface area contributed by atoms with Crippen molar-refractivity contribution in [3.8, 4) is 0 Å². The minimum absolute atomic E-state index is 0.0492. The van der Waals surface area contributed by atoms with Gasteiger partial charge in [-0.2, -0.15) is 0 Å². The van der Waals surface area contributed by atoms with Gasteiger partial charge in [-0.1, -0.05) is 30.3 Å². The van der Waals surface area contributed by atoms with E-state index in [1.807, 2.05) is 30.3 Å². The highest BCUT2D eigenvalue weighted by Gasteiger charge is 2.07. The average molecular weight is 362 g/mol. The van der Waals surface area contributed by atoms with Crippen molar-refractivity contribution in [2.24, 2.45) is 0 Å². The first-order chi connectivity index (χ1) is 11.5. The quantitative estimate of drug-likeness (QED) is 0.495. The molecule has 0 heterocycles. The summed E-state index contributed by atoms with van der Waals surface area (Å²) in [5, 5.41) is 5.82. The highest BCUT2D eigenvalue weighted by molar-refractivity contribution is 7.80. The summed E-state index contributed by atoms with van der Waals surface area (Å²) in [6.07, 6.45) is 0. The van der Waals surface area contributed by atoms with Crippen LogP contribution in [0.4, 0.5) is 4.39 Å². The third kappa shape index (κ3) is 5.90. The Balaban J connectivity index is 1.71. The Labute approximate surface area is 149 Å². The van der Waals surface area contributed by atoms with Crippen LogP contribution in [0.1, 0.15) is 15.9 Å². The van der Waals surface area contributed by atoms with Crippen molar-refractivity contribution in [1.29, 1.82) is 0 Å². The van der Waals surface area contributed by atoms with E-state index in [9.17, 15) is 9.18 Å². The molecule has 5 nitrogen and oxygen atoms in total. The molecule has 0 aliphatic rings. The number of hydrogen-bond acceptors (Lipinski definition) is 3. The van der Waals surface area contributed by atoms with Crippen LogP contribution in [-0.4, -0.2) is 16.1 Å². The molecule has 0 atom stereocenters. The minimum atomic E-state index is -0.447. The zero-order valence-corrected chi connectivity index (χ0v) is 14.1. The lowest BCUT2D eigenvalue weighted by Gasteiger charge is -2.13. The van der Waals surface area contributed by atoms with Crippen molar-refractivity contribution in [3.05, 3.63) is 71.5 Å². The van der Waals surface area contributed by atoms with Gasteiger partial charge in [0, 0.05) is 12.1 Å². The van der Waals surface area contributed by atoms with Gasteiger partial charge in [0.15, 0.2) is 10.2 Å². The number of hydrazine groups is 1. The SMILES string of the molecule is O=C(NC(=S)NNC(=S)NCc1ccccc1)c1ccc(F)cc1. The second kappa shape index (κ2) is 8.90. The third-order valence-corrected chi connectivity index (χ3v) is 3.37. The number of thiocarbonyl (C=S) groups is 2. The van der Waals surface area contributed by atoms with Crippen molar-refractivity contribution < 1.29 is 9.18 Å². The standard InChI is InChI=1S/C16H15FN4OS2/c17-13-8-6-12(7-9-13)14(22)19-16(24)21-20-15(23)18-10-11-4-2-1-3-5-11/h1-9H,10H2,(H2,18,20,23)(H2,19,21,22,24). The number of carbonyl (C=O) groups is 1. The maximum Gasteiger partial charge on any atom is 0.257 e. The van der Waals surface area contributed by atoms with Gasteiger partial charge in [0.2, 0.25) is 0 Å². The van der Waals surface area contributed by atoms with E-state index < -0.39 is 11.7 Å². The maximum atomic E-state index is 12.8. The van der Waals surface area contributed by atoms with Gasteiger partial charge >= 0.3 is 0 Å². The topological polar surface area (TPSA) is 65.2 Å². The van der Waals surface area contributed by atoms with Gasteiger partial charge < -0.3 is 5.32 Å². The number of rotatable bonds is 3. The summed E-state index contributed by atoms with van der Waals surface area (Å²) < 4.78 is 12.8. The van der Waals surface area contributed by atoms with E-state index in [1.165, 1.54) is 24.3 Å². The summed E-state index contributed by atoms with van der Waals surface area (Å²) in [6, 6.07) is 14.9. The smallest absolute Gasteiger partial charge is 0.257 e. The van der Waals surface area contributed by atoms with Gasteiger partial charge in [0.05, 0.1) is 0 Å². The molecule has 0 aliphatic heterocycles. The van der Waals surface area contributed by atoms with Crippen molar-refractivity contribution in [1.82, 2.24) is 21.5 Å². The van der Waals surface area contributed by atoms with Gasteiger partial charge in [0.1, 0.15) is 5.82 Å². The van der Waals surface area contributed by atoms with Crippen LogP contribution < -0.4 is 21.5 Å². The van der Waals surface area contributed by atoms with E-state index in [0.717, 1.165) is 5.56 Å². The Morgan fingerprint density at radius 2 is 1.54 bits per heavy atom. The van der Waals surface area contributed by atoms with E-state index in [2.05, 4.69) is 21.5 Å². The molecule has 0 fully saturated rings. The first-order valence-corrected chi connectivity index (χ1v) is 7.81. The molecule has 0 bridgehead atoms. The molecule has 0 aliphatic carbocycles. The minimum Gasteiger partial charge on any atom is -0.357 e. The Kier molecular flexibility index (Phi) is 6.59. The van der Waals surface area contributed by atoms with Gasteiger partial charge in [-0.3, -0.25) is 21.0 Å². The monoisotopic (exact) mass is 362 g/mol. The lowest BCUT2D eigenvalue weighted by molar-refractivity contribution is 0.0976. The van der Waals surface area contributed by atoms with Crippen molar-refractivity contribution in [2.45, 2.75) is 6.54 Å². The fraction of sp³-hybridized carbons (Fsp3) is 0.0625. The molecule has 0 saturated carbocycles. The molecular formula is C16H15FN4OS2. The van der Waals surface area contributed by atoms with E-state index in [1.54, 1.807) is 0 Å². The molecule has 0 radical (unpaired) electrons. The Morgan fingerprint density at radius 1 is 0.917 bits per heavy atom. The maximum absolute atomic E-state index is 12.8. The highest BCUT2D eigenvalue weighted by Crippen LogP contribution is 2.02. The second-order valence-corrected chi connectivity index (χ2v) is 5.52. The predicted octanol–water partition coefficient (Wildman–Crippen LogP) is 2.01. The normalized spacial score (nSPS) is 9.71. The molecular weight excluding hydrogens is 347 g/mol. The summed E-state index contributed by atoms with van der Waals surface area (Å²) in [7, 11) is 0. The van der Waals surface area contributed by atoms with Gasteiger partial charge in [-0.05, 0) is 54.3 Å². The van der Waals surface area contributed by atoms with Gasteiger partial charge in [-0.15, -0.1) is 0 Å². The van der Waals surface area contributed by atoms with E-state index in [0.29, 0.717) is 17.2 Å². The van der Waals surface area contributed by atoms with Crippen molar-refractivity contribution in [3.63, 3.8) is 0 Å². The summed E-state index contributed by atoms with van der Waals surface area (Å²) in [6.45, 7) is 0.559. The third-order valence-electron chi connectivity index (χ3n) is 2.92. The Hall–Kier alpha value is -2.58. The van der Waals surface area contributed by atoms with Crippen LogP contribution in [0, 0.1) is 5.82 Å². The van der Waals surface area contributed by atoms with Crippen LogP contribution in [0.5, 0.6) is 0 Å². The highest BCUT2D eigenvalue weighted by atomic mass is 32.1. The molecule has 0 spiro atoms. The van der Waals surface area contributed by atoms with Crippen molar-refractivity contribution >= 4 is 40.6 Å². The molecule has 2 aromatic rings. The van der Waals surface area contributed by atoms with Gasteiger partial charge in [0.25, 0.3) is 5.91 Å². The lowest BCUT2D eigenvalue weighted by Crippen LogP contribution is -2.51. The average Bonchev–Trinajstić information content (AvgIpc) is 2.59. The molecule has 24 heavy (non-hydrogen) atoms. The first-order valence-electron chi connectivity index (χ1n) is 6.99. The van der Waals surface area contributed by atoms with Gasteiger partial charge in [-0.25, -0.2) is 4.39 Å².